The molecular formula is C18H14F2N6O2S. The van der Waals surface area contributed by atoms with Crippen molar-refractivity contribution >= 4 is 44.0 Å². The summed E-state index contributed by atoms with van der Waals surface area (Å²) in [6.45, 7) is 0. The van der Waals surface area contributed by atoms with Crippen LogP contribution in [0.4, 0.5) is 32.1 Å². The van der Waals surface area contributed by atoms with Crippen molar-refractivity contribution in [3.63, 3.8) is 0 Å². The predicted molar refractivity (Wildman–Crippen MR) is 104 cm³/mol. The molecule has 0 atom stereocenters. The molecule has 0 spiro atoms. The summed E-state index contributed by atoms with van der Waals surface area (Å²) in [7, 11) is -3.73. The molecule has 8 nitrogen and oxygen atoms in total. The lowest BCUT2D eigenvalue weighted by Gasteiger charge is -2.10. The molecule has 2 heterocycles. The number of benzene rings is 2. The number of nitrogens with zero attached hydrogens (tertiary/aromatic N) is 3. The topological polar surface area (TPSA) is 113 Å². The zero-order chi connectivity index (χ0) is 20.6. The van der Waals surface area contributed by atoms with Crippen LogP contribution >= 0.6 is 0 Å². The van der Waals surface area contributed by atoms with Gasteiger partial charge in [0.2, 0.25) is 5.95 Å². The lowest BCUT2D eigenvalue weighted by atomic mass is 10.2. The molecule has 2 aromatic carbocycles. The monoisotopic (exact) mass is 416 g/mol. The van der Waals surface area contributed by atoms with Crippen LogP contribution in [-0.2, 0) is 9.84 Å². The van der Waals surface area contributed by atoms with E-state index in [0.717, 1.165) is 6.26 Å². The maximum atomic E-state index is 14.5. The van der Waals surface area contributed by atoms with Gasteiger partial charge in [-0.15, -0.1) is 0 Å². The van der Waals surface area contributed by atoms with Gasteiger partial charge in [0.25, 0.3) is 0 Å². The van der Waals surface area contributed by atoms with Gasteiger partial charge in [0, 0.05) is 17.8 Å². The molecule has 0 saturated carbocycles. The van der Waals surface area contributed by atoms with Gasteiger partial charge in [-0.3, -0.25) is 5.10 Å². The summed E-state index contributed by atoms with van der Waals surface area (Å²) in [6, 6.07) is 9.72. The van der Waals surface area contributed by atoms with Gasteiger partial charge in [0.15, 0.2) is 21.5 Å². The Labute approximate surface area is 163 Å². The maximum absolute atomic E-state index is 14.5. The molecule has 0 bridgehead atoms. The first-order valence-corrected chi connectivity index (χ1v) is 10.2. The van der Waals surface area contributed by atoms with Gasteiger partial charge in [0.1, 0.15) is 16.5 Å². The lowest BCUT2D eigenvalue weighted by Crippen LogP contribution is -2.06. The summed E-state index contributed by atoms with van der Waals surface area (Å²) in [5.74, 6) is -0.626. The van der Waals surface area contributed by atoms with E-state index in [1.165, 1.54) is 36.5 Å². The maximum Gasteiger partial charge on any atom is 0.229 e. The average Bonchev–Trinajstić information content (AvgIpc) is 3.05. The predicted octanol–water partition coefficient (Wildman–Crippen LogP) is 3.52. The Morgan fingerprint density at radius 2 is 1.90 bits per heavy atom. The number of H-pyrrole nitrogens is 1. The summed E-state index contributed by atoms with van der Waals surface area (Å²) in [5.41, 5.74) is 0.554. The van der Waals surface area contributed by atoms with Crippen LogP contribution in [0.5, 0.6) is 0 Å². The van der Waals surface area contributed by atoms with Crippen LogP contribution in [0, 0.1) is 11.6 Å². The zero-order valence-corrected chi connectivity index (χ0v) is 15.8. The molecule has 0 radical (unpaired) electrons. The van der Waals surface area contributed by atoms with Crippen LogP contribution in [0.3, 0.4) is 0 Å². The SMILES string of the molecule is CS(=O)(=O)c1cccc(Nc2nccc(Nc3n[nH]c4ccc(F)cc34)n2)c1F. The normalized spacial score (nSPS) is 11.6. The molecule has 11 heteroatoms. The number of rotatable bonds is 5. The minimum Gasteiger partial charge on any atom is -0.323 e. The largest absolute Gasteiger partial charge is 0.323 e. The second-order valence-corrected chi connectivity index (χ2v) is 8.15. The van der Waals surface area contributed by atoms with Crippen molar-refractivity contribution in [1.29, 1.82) is 0 Å². The minimum absolute atomic E-state index is 0.0329. The number of hydrogen-bond acceptors (Lipinski definition) is 7. The Morgan fingerprint density at radius 1 is 1.07 bits per heavy atom. The Balaban J connectivity index is 1.62. The summed E-state index contributed by atoms with van der Waals surface area (Å²) >= 11 is 0. The Morgan fingerprint density at radius 3 is 2.69 bits per heavy atom. The molecule has 0 unspecified atom stereocenters. The molecule has 2 aromatic heterocycles. The van der Waals surface area contributed by atoms with Crippen molar-refractivity contribution in [3.05, 3.63) is 60.3 Å². The first kappa shape index (κ1) is 18.7. The molecule has 0 aliphatic rings. The van der Waals surface area contributed by atoms with Gasteiger partial charge in [-0.1, -0.05) is 6.07 Å². The van der Waals surface area contributed by atoms with Crippen molar-refractivity contribution in [2.75, 3.05) is 16.9 Å². The fraction of sp³-hybridized carbons (Fsp3) is 0.0556. The second kappa shape index (κ2) is 7.09. The van der Waals surface area contributed by atoms with Crippen molar-refractivity contribution in [1.82, 2.24) is 20.2 Å². The van der Waals surface area contributed by atoms with E-state index in [9.17, 15) is 17.2 Å². The van der Waals surface area contributed by atoms with Crippen LogP contribution < -0.4 is 10.6 Å². The highest BCUT2D eigenvalue weighted by atomic mass is 32.2. The average molecular weight is 416 g/mol. The quantitative estimate of drug-likeness (QED) is 0.456. The van der Waals surface area contributed by atoms with Crippen LogP contribution in [0.15, 0.2) is 53.6 Å². The van der Waals surface area contributed by atoms with Gasteiger partial charge < -0.3 is 10.6 Å². The fourth-order valence-corrected chi connectivity index (χ4v) is 3.47. The molecule has 3 N–H and O–H groups in total. The Bertz CT molecular complexity index is 1320. The number of anilines is 4. The molecular weight excluding hydrogens is 402 g/mol. The molecule has 4 aromatic rings. The van der Waals surface area contributed by atoms with Crippen LogP contribution in [0.2, 0.25) is 0 Å². The summed E-state index contributed by atoms with van der Waals surface area (Å²) in [6.07, 6.45) is 2.35. The fourth-order valence-electron chi connectivity index (χ4n) is 2.71. The standard InChI is InChI=1S/C18H14F2N6O2S/c1-29(27,28)14-4-2-3-13(16(14)20)22-18-21-8-7-15(24-18)23-17-11-9-10(19)5-6-12(11)25-26-17/h2-9H,1H3,(H3,21,22,23,24,25,26). The highest BCUT2D eigenvalue weighted by molar-refractivity contribution is 7.90. The van der Waals surface area contributed by atoms with Crippen LogP contribution in [0.1, 0.15) is 0 Å². The van der Waals surface area contributed by atoms with Crippen molar-refractivity contribution in [2.24, 2.45) is 0 Å². The van der Waals surface area contributed by atoms with E-state index in [0.29, 0.717) is 22.5 Å². The smallest absolute Gasteiger partial charge is 0.229 e. The minimum atomic E-state index is -3.73. The molecule has 148 valence electrons. The van der Waals surface area contributed by atoms with Crippen molar-refractivity contribution < 1.29 is 17.2 Å². The summed E-state index contributed by atoms with van der Waals surface area (Å²) < 4.78 is 51.4. The number of aromatic amines is 1. The first-order valence-electron chi connectivity index (χ1n) is 8.30. The van der Waals surface area contributed by atoms with Crippen molar-refractivity contribution in [2.45, 2.75) is 4.90 Å². The van der Waals surface area contributed by atoms with Crippen LogP contribution in [-0.4, -0.2) is 34.8 Å². The first-order chi connectivity index (χ1) is 13.8. The van der Waals surface area contributed by atoms with Gasteiger partial charge in [-0.25, -0.2) is 22.2 Å². The van der Waals surface area contributed by atoms with Gasteiger partial charge in [0.05, 0.1) is 11.2 Å². The Kier molecular flexibility index (Phi) is 4.59. The highest BCUT2D eigenvalue weighted by Crippen LogP contribution is 2.26. The third kappa shape index (κ3) is 3.85. The van der Waals surface area contributed by atoms with Gasteiger partial charge in [-0.05, 0) is 36.4 Å². The van der Waals surface area contributed by atoms with E-state index in [-0.39, 0.29) is 11.6 Å². The molecule has 0 saturated heterocycles. The third-order valence-electron chi connectivity index (χ3n) is 4.04. The van der Waals surface area contributed by atoms with Gasteiger partial charge in [-0.2, -0.15) is 10.1 Å². The number of sulfone groups is 1. The van der Waals surface area contributed by atoms with E-state index < -0.39 is 26.4 Å². The molecule has 29 heavy (non-hydrogen) atoms. The Hall–Kier alpha value is -3.60. The molecule has 0 fully saturated rings. The van der Waals surface area contributed by atoms with E-state index in [1.807, 2.05) is 0 Å². The zero-order valence-electron chi connectivity index (χ0n) is 14.9. The highest BCUT2D eigenvalue weighted by Gasteiger charge is 2.17. The van der Waals surface area contributed by atoms with E-state index in [1.54, 1.807) is 12.1 Å². The van der Waals surface area contributed by atoms with Gasteiger partial charge >= 0.3 is 0 Å². The van der Waals surface area contributed by atoms with E-state index >= 15 is 0 Å². The number of aromatic nitrogens is 4. The van der Waals surface area contributed by atoms with Crippen molar-refractivity contribution in [3.8, 4) is 0 Å². The second-order valence-electron chi connectivity index (χ2n) is 6.17. The molecule has 0 aliphatic carbocycles. The third-order valence-corrected chi connectivity index (χ3v) is 5.15. The number of halogens is 2. The van der Waals surface area contributed by atoms with E-state index in [2.05, 4.69) is 30.8 Å². The number of nitrogens with one attached hydrogen (secondary N) is 3. The van der Waals surface area contributed by atoms with Crippen LogP contribution in [0.25, 0.3) is 10.9 Å². The van der Waals surface area contributed by atoms with E-state index in [4.69, 9.17) is 0 Å². The summed E-state index contributed by atoms with van der Waals surface area (Å²) in [5, 5.41) is 13.0. The summed E-state index contributed by atoms with van der Waals surface area (Å²) in [4.78, 5) is 7.79. The number of hydrogen-bond donors (Lipinski definition) is 3. The molecule has 4 rings (SSSR count). The number of fused-ring (bicyclic) bond motifs is 1. The molecule has 0 aliphatic heterocycles. The lowest BCUT2D eigenvalue weighted by molar-refractivity contribution is 0.573. The molecule has 0 amide bonds.